The van der Waals surface area contributed by atoms with Crippen molar-refractivity contribution in [2.24, 2.45) is 5.73 Å². The second-order valence-corrected chi connectivity index (χ2v) is 5.37. The van der Waals surface area contributed by atoms with Crippen LogP contribution < -0.4 is 5.73 Å². The number of rotatable bonds is 4. The van der Waals surface area contributed by atoms with Gasteiger partial charge in [0.25, 0.3) is 5.91 Å². The first-order chi connectivity index (χ1) is 10.1. The Morgan fingerprint density at radius 2 is 1.81 bits per heavy atom. The van der Waals surface area contributed by atoms with Crippen molar-refractivity contribution in [2.75, 3.05) is 39.3 Å². The number of carbonyl (C=O) groups is 1. The van der Waals surface area contributed by atoms with Crippen molar-refractivity contribution >= 4 is 5.91 Å². The average molecular weight is 293 g/mol. The van der Waals surface area contributed by atoms with Crippen molar-refractivity contribution in [1.29, 1.82) is 0 Å². The smallest absolute Gasteiger partial charge is 0.254 e. The monoisotopic (exact) mass is 293 g/mol. The van der Waals surface area contributed by atoms with E-state index in [1.165, 1.54) is 18.2 Å². The molecule has 0 unspecified atom stereocenters. The van der Waals surface area contributed by atoms with E-state index in [2.05, 4.69) is 4.90 Å². The van der Waals surface area contributed by atoms with E-state index >= 15 is 0 Å². The maximum atomic E-state index is 12.4. The minimum atomic E-state index is -0.151. The van der Waals surface area contributed by atoms with Gasteiger partial charge in [-0.3, -0.25) is 4.79 Å². The number of nitrogens with two attached hydrogens (primary N) is 1. The van der Waals surface area contributed by atoms with Gasteiger partial charge in [0.15, 0.2) is 0 Å². The minimum absolute atomic E-state index is 0.0993. The summed E-state index contributed by atoms with van der Waals surface area (Å²) in [5.74, 6) is -0.350. The Hall–Kier alpha value is -1.79. The molecule has 0 radical (unpaired) electrons. The molecule has 0 saturated carbocycles. The lowest BCUT2D eigenvalue weighted by Crippen LogP contribution is -2.35. The molecule has 21 heavy (non-hydrogen) atoms. The Balaban J connectivity index is 1.99. The number of aromatic hydroxyl groups is 2. The van der Waals surface area contributed by atoms with Crippen LogP contribution in [0.4, 0.5) is 0 Å². The molecule has 1 saturated heterocycles. The first-order valence-electron chi connectivity index (χ1n) is 7.35. The van der Waals surface area contributed by atoms with Crippen LogP contribution in [0, 0.1) is 0 Å². The predicted octanol–water partition coefficient (Wildman–Crippen LogP) is 0.595. The molecular formula is C15H23N3O3. The quantitative estimate of drug-likeness (QED) is 0.756. The van der Waals surface area contributed by atoms with E-state index in [4.69, 9.17) is 5.73 Å². The van der Waals surface area contributed by atoms with Crippen molar-refractivity contribution in [3.63, 3.8) is 0 Å². The predicted molar refractivity (Wildman–Crippen MR) is 80.4 cm³/mol. The number of hydrogen-bond acceptors (Lipinski definition) is 5. The van der Waals surface area contributed by atoms with Crippen molar-refractivity contribution in [2.45, 2.75) is 12.8 Å². The molecule has 6 nitrogen and oxygen atoms in total. The molecule has 1 heterocycles. The van der Waals surface area contributed by atoms with Crippen molar-refractivity contribution < 1.29 is 15.0 Å². The van der Waals surface area contributed by atoms with Crippen LogP contribution in [0.3, 0.4) is 0 Å². The fourth-order valence-corrected chi connectivity index (χ4v) is 2.61. The van der Waals surface area contributed by atoms with Gasteiger partial charge in [-0.1, -0.05) is 0 Å². The van der Waals surface area contributed by atoms with Gasteiger partial charge in [0.05, 0.1) is 0 Å². The van der Waals surface area contributed by atoms with E-state index in [1.54, 1.807) is 4.90 Å². The Morgan fingerprint density at radius 3 is 2.48 bits per heavy atom. The molecule has 0 atom stereocenters. The molecule has 1 amide bonds. The summed E-state index contributed by atoms with van der Waals surface area (Å²) < 4.78 is 0. The van der Waals surface area contributed by atoms with Gasteiger partial charge in [-0.2, -0.15) is 0 Å². The van der Waals surface area contributed by atoms with Gasteiger partial charge in [0.2, 0.25) is 0 Å². The number of benzene rings is 1. The summed E-state index contributed by atoms with van der Waals surface area (Å²) in [6.07, 6.45) is 1.88. The van der Waals surface area contributed by atoms with Crippen LogP contribution >= 0.6 is 0 Å². The number of hydrogen-bond donors (Lipinski definition) is 3. The summed E-state index contributed by atoms with van der Waals surface area (Å²) in [4.78, 5) is 16.5. The second-order valence-electron chi connectivity index (χ2n) is 5.37. The van der Waals surface area contributed by atoms with Crippen LogP contribution in [-0.4, -0.2) is 65.2 Å². The summed E-state index contributed by atoms with van der Waals surface area (Å²) >= 11 is 0. The summed E-state index contributed by atoms with van der Waals surface area (Å²) in [6, 6.07) is 3.99. The number of phenols is 2. The highest BCUT2D eigenvalue weighted by Gasteiger charge is 2.20. The summed E-state index contributed by atoms with van der Waals surface area (Å²) in [7, 11) is 0. The molecule has 0 bridgehead atoms. The molecular weight excluding hydrogens is 270 g/mol. The third-order valence-corrected chi connectivity index (χ3v) is 3.70. The van der Waals surface area contributed by atoms with Crippen LogP contribution in [0.1, 0.15) is 23.2 Å². The maximum absolute atomic E-state index is 12.4. The third kappa shape index (κ3) is 4.34. The first-order valence-corrected chi connectivity index (χ1v) is 7.35. The van der Waals surface area contributed by atoms with Crippen molar-refractivity contribution in [3.05, 3.63) is 23.8 Å². The lowest BCUT2D eigenvalue weighted by Gasteiger charge is -2.22. The first kappa shape index (κ1) is 15.6. The normalized spacial score (nSPS) is 16.7. The topological polar surface area (TPSA) is 90.0 Å². The van der Waals surface area contributed by atoms with Gasteiger partial charge >= 0.3 is 0 Å². The molecule has 4 N–H and O–H groups in total. The third-order valence-electron chi connectivity index (χ3n) is 3.70. The fourth-order valence-electron chi connectivity index (χ4n) is 2.61. The van der Waals surface area contributed by atoms with E-state index < -0.39 is 0 Å². The van der Waals surface area contributed by atoms with Gasteiger partial charge in [-0.15, -0.1) is 0 Å². The SMILES string of the molecule is NCCCN1CCCN(C(=O)c2cc(O)cc(O)c2)CC1. The van der Waals surface area contributed by atoms with E-state index in [1.807, 2.05) is 0 Å². The standard InChI is InChI=1S/C15H23N3O3/c16-3-1-4-17-5-2-6-18(8-7-17)15(21)12-9-13(19)11-14(20)10-12/h9-11,19-20H,1-8,16H2. The van der Waals surface area contributed by atoms with Gasteiger partial charge in [0, 0.05) is 31.3 Å². The lowest BCUT2D eigenvalue weighted by atomic mass is 10.1. The molecule has 2 rings (SSSR count). The molecule has 1 aromatic rings. The molecule has 0 aromatic heterocycles. The molecule has 1 fully saturated rings. The molecule has 116 valence electrons. The largest absolute Gasteiger partial charge is 0.508 e. The van der Waals surface area contributed by atoms with E-state index in [0.717, 1.165) is 32.5 Å². The maximum Gasteiger partial charge on any atom is 0.254 e. The second kappa shape index (κ2) is 7.28. The summed E-state index contributed by atoms with van der Waals surface area (Å²) in [5, 5.41) is 19.0. The lowest BCUT2D eigenvalue weighted by molar-refractivity contribution is 0.0760. The molecule has 0 spiro atoms. The number of nitrogens with zero attached hydrogens (tertiary/aromatic N) is 2. The van der Waals surface area contributed by atoms with Crippen LogP contribution in [0.15, 0.2) is 18.2 Å². The van der Waals surface area contributed by atoms with E-state index in [-0.39, 0.29) is 17.4 Å². The number of phenolic OH excluding ortho intramolecular Hbond substituents is 2. The fraction of sp³-hybridized carbons (Fsp3) is 0.533. The summed E-state index contributed by atoms with van der Waals surface area (Å²) in [5.41, 5.74) is 5.85. The Labute approximate surface area is 124 Å². The highest BCUT2D eigenvalue weighted by atomic mass is 16.3. The van der Waals surface area contributed by atoms with Gasteiger partial charge < -0.3 is 25.7 Å². The zero-order valence-electron chi connectivity index (χ0n) is 12.2. The van der Waals surface area contributed by atoms with Gasteiger partial charge in [-0.05, 0) is 44.6 Å². The van der Waals surface area contributed by atoms with E-state index in [0.29, 0.717) is 25.2 Å². The van der Waals surface area contributed by atoms with Crippen molar-refractivity contribution in [3.8, 4) is 11.5 Å². The van der Waals surface area contributed by atoms with Crippen LogP contribution in [0.25, 0.3) is 0 Å². The number of amides is 1. The Bertz CT molecular complexity index is 473. The van der Waals surface area contributed by atoms with Crippen LogP contribution in [-0.2, 0) is 0 Å². The Morgan fingerprint density at radius 1 is 1.10 bits per heavy atom. The summed E-state index contributed by atoms with van der Waals surface area (Å²) in [6.45, 7) is 4.78. The van der Waals surface area contributed by atoms with Crippen LogP contribution in [0.5, 0.6) is 11.5 Å². The zero-order chi connectivity index (χ0) is 15.2. The minimum Gasteiger partial charge on any atom is -0.508 e. The zero-order valence-corrected chi connectivity index (χ0v) is 12.2. The van der Waals surface area contributed by atoms with Gasteiger partial charge in [0.1, 0.15) is 11.5 Å². The molecule has 1 aliphatic heterocycles. The average Bonchev–Trinajstić information content (AvgIpc) is 2.68. The number of carbonyl (C=O) groups excluding carboxylic acids is 1. The van der Waals surface area contributed by atoms with E-state index in [9.17, 15) is 15.0 Å². The molecule has 6 heteroatoms. The molecule has 1 aromatic carbocycles. The Kier molecular flexibility index (Phi) is 5.41. The highest BCUT2D eigenvalue weighted by Crippen LogP contribution is 2.22. The molecule has 0 aliphatic carbocycles. The van der Waals surface area contributed by atoms with Gasteiger partial charge in [-0.25, -0.2) is 0 Å². The van der Waals surface area contributed by atoms with Crippen LogP contribution in [0.2, 0.25) is 0 Å². The van der Waals surface area contributed by atoms with Crippen molar-refractivity contribution in [1.82, 2.24) is 9.80 Å². The highest BCUT2D eigenvalue weighted by molar-refractivity contribution is 5.95. The molecule has 1 aliphatic rings.